The Bertz CT molecular complexity index is 807. The number of para-hydroxylation sites is 1. The highest BCUT2D eigenvalue weighted by Crippen LogP contribution is 2.29. The Morgan fingerprint density at radius 3 is 2.54 bits per heavy atom. The smallest absolute Gasteiger partial charge is 0.255 e. The van der Waals surface area contributed by atoms with Gasteiger partial charge < -0.3 is 10.6 Å². The fraction of sp³-hybridized carbons (Fsp3) is 0.500. The number of nitrogens with zero attached hydrogens (tertiary/aromatic N) is 2. The number of aromatic nitrogens is 2. The van der Waals surface area contributed by atoms with Gasteiger partial charge in [0.05, 0.1) is 23.1 Å². The average molecular weight is 383 g/mol. The number of benzene rings is 1. The lowest BCUT2D eigenvalue weighted by Crippen LogP contribution is -2.59. The third-order valence-corrected chi connectivity index (χ3v) is 5.57. The number of hydrogen-bond acceptors (Lipinski definition) is 3. The second-order valence-electron chi connectivity index (χ2n) is 7.60. The van der Waals surface area contributed by atoms with E-state index in [0.717, 1.165) is 43.5 Å². The largest absolute Gasteiger partial charge is 0.354 e. The molecule has 150 valence electrons. The molecule has 1 aromatic heterocycles. The first-order valence-corrected chi connectivity index (χ1v) is 10.3. The van der Waals surface area contributed by atoms with Crippen LogP contribution in [0.15, 0.2) is 36.5 Å². The molecule has 1 fully saturated rings. The van der Waals surface area contributed by atoms with E-state index < -0.39 is 5.54 Å². The van der Waals surface area contributed by atoms with E-state index in [1.165, 1.54) is 0 Å². The number of carbonyl (C=O) groups excluding carboxylic acids is 2. The van der Waals surface area contributed by atoms with Crippen molar-refractivity contribution in [3.05, 3.63) is 47.8 Å². The first kappa shape index (κ1) is 20.1. The third-order valence-electron chi connectivity index (χ3n) is 5.57. The van der Waals surface area contributed by atoms with Crippen LogP contribution in [0.25, 0.3) is 5.69 Å². The van der Waals surface area contributed by atoms with Crippen LogP contribution >= 0.6 is 0 Å². The molecule has 1 aliphatic carbocycles. The van der Waals surface area contributed by atoms with Crippen molar-refractivity contribution in [2.75, 3.05) is 6.54 Å². The molecule has 1 aliphatic rings. The van der Waals surface area contributed by atoms with Crippen LogP contribution in [0.5, 0.6) is 0 Å². The Hall–Kier alpha value is -2.63. The summed E-state index contributed by atoms with van der Waals surface area (Å²) in [6, 6.07) is 9.72. The predicted octanol–water partition coefficient (Wildman–Crippen LogP) is 3.53. The van der Waals surface area contributed by atoms with Crippen LogP contribution in [0.3, 0.4) is 0 Å². The second-order valence-corrected chi connectivity index (χ2v) is 7.60. The van der Waals surface area contributed by atoms with E-state index >= 15 is 0 Å². The normalized spacial score (nSPS) is 15.8. The maximum Gasteiger partial charge on any atom is 0.255 e. The zero-order chi connectivity index (χ0) is 20.0. The van der Waals surface area contributed by atoms with Crippen LogP contribution in [0.4, 0.5) is 0 Å². The summed E-state index contributed by atoms with van der Waals surface area (Å²) in [6.45, 7) is 4.62. The van der Waals surface area contributed by atoms with E-state index in [0.29, 0.717) is 24.9 Å². The van der Waals surface area contributed by atoms with Gasteiger partial charge in [-0.05, 0) is 38.3 Å². The Morgan fingerprint density at radius 1 is 1.14 bits per heavy atom. The van der Waals surface area contributed by atoms with Crippen LogP contribution in [-0.4, -0.2) is 33.7 Å². The van der Waals surface area contributed by atoms with Crippen molar-refractivity contribution in [1.29, 1.82) is 0 Å². The van der Waals surface area contributed by atoms with Crippen molar-refractivity contribution >= 4 is 11.8 Å². The van der Waals surface area contributed by atoms with Crippen molar-refractivity contribution in [2.45, 2.75) is 64.3 Å². The van der Waals surface area contributed by atoms with Gasteiger partial charge in [0.25, 0.3) is 5.91 Å². The first-order chi connectivity index (χ1) is 13.6. The molecule has 6 nitrogen and oxygen atoms in total. The molecular formula is C22H30N4O2. The second kappa shape index (κ2) is 9.04. The molecule has 0 spiro atoms. The summed E-state index contributed by atoms with van der Waals surface area (Å²) in [4.78, 5) is 26.0. The molecule has 0 radical (unpaired) electrons. The van der Waals surface area contributed by atoms with Crippen LogP contribution in [-0.2, 0) is 4.79 Å². The highest BCUT2D eigenvalue weighted by Gasteiger charge is 2.41. The first-order valence-electron chi connectivity index (χ1n) is 10.3. The van der Waals surface area contributed by atoms with Gasteiger partial charge in [0.15, 0.2) is 0 Å². The number of hydrogen-bond donors (Lipinski definition) is 2. The molecule has 1 aromatic carbocycles. The highest BCUT2D eigenvalue weighted by molar-refractivity contribution is 6.00. The standard InChI is InChI=1S/C22H30N4O2/c1-3-4-15-23-21(28)22(13-9-6-10-14-22)25-20(27)19-16-24-26(17(19)2)18-11-7-5-8-12-18/h5,7-8,11-12,16H,3-4,6,9-10,13-15H2,1-2H3,(H,23,28)(H,25,27). The average Bonchev–Trinajstić information content (AvgIpc) is 3.11. The number of unbranched alkanes of at least 4 members (excludes halogenated alkanes) is 1. The van der Waals surface area contributed by atoms with Crippen LogP contribution < -0.4 is 10.6 Å². The van der Waals surface area contributed by atoms with E-state index in [2.05, 4.69) is 22.7 Å². The summed E-state index contributed by atoms with van der Waals surface area (Å²) in [5, 5.41) is 10.5. The van der Waals surface area contributed by atoms with Gasteiger partial charge in [0, 0.05) is 6.54 Å². The minimum Gasteiger partial charge on any atom is -0.354 e. The fourth-order valence-corrected chi connectivity index (χ4v) is 3.86. The molecule has 1 heterocycles. The summed E-state index contributed by atoms with van der Waals surface area (Å²) >= 11 is 0. The van der Waals surface area contributed by atoms with E-state index in [1.54, 1.807) is 10.9 Å². The minimum atomic E-state index is -0.815. The lowest BCUT2D eigenvalue weighted by molar-refractivity contribution is -0.128. The molecule has 6 heteroatoms. The number of amides is 2. The fourth-order valence-electron chi connectivity index (χ4n) is 3.86. The highest BCUT2D eigenvalue weighted by atomic mass is 16.2. The summed E-state index contributed by atoms with van der Waals surface area (Å²) in [7, 11) is 0. The molecule has 3 rings (SSSR count). The molecule has 2 amide bonds. The predicted molar refractivity (Wildman–Crippen MR) is 110 cm³/mol. The van der Waals surface area contributed by atoms with Gasteiger partial charge in [0.1, 0.15) is 5.54 Å². The van der Waals surface area contributed by atoms with Crippen LogP contribution in [0.2, 0.25) is 0 Å². The summed E-state index contributed by atoms with van der Waals surface area (Å²) in [5.74, 6) is -0.283. The third kappa shape index (κ3) is 4.26. The van der Waals surface area contributed by atoms with Crippen LogP contribution in [0.1, 0.15) is 67.9 Å². The summed E-state index contributed by atoms with van der Waals surface area (Å²) < 4.78 is 1.75. The van der Waals surface area contributed by atoms with Crippen molar-refractivity contribution in [3.63, 3.8) is 0 Å². The number of rotatable bonds is 7. The number of nitrogens with one attached hydrogen (secondary N) is 2. The molecule has 1 saturated carbocycles. The van der Waals surface area contributed by atoms with Gasteiger partial charge in [-0.15, -0.1) is 0 Å². The van der Waals surface area contributed by atoms with Crippen molar-refractivity contribution in [1.82, 2.24) is 20.4 Å². The quantitative estimate of drug-likeness (QED) is 0.719. The number of carbonyl (C=O) groups is 2. The van der Waals surface area contributed by atoms with Crippen molar-refractivity contribution in [3.8, 4) is 5.69 Å². The van der Waals surface area contributed by atoms with Gasteiger partial charge in [-0.3, -0.25) is 9.59 Å². The van der Waals surface area contributed by atoms with Gasteiger partial charge in [0.2, 0.25) is 5.91 Å². The van der Waals surface area contributed by atoms with E-state index in [1.807, 2.05) is 37.3 Å². The zero-order valence-corrected chi connectivity index (χ0v) is 16.8. The van der Waals surface area contributed by atoms with Gasteiger partial charge in [-0.1, -0.05) is 50.8 Å². The van der Waals surface area contributed by atoms with Crippen molar-refractivity contribution < 1.29 is 9.59 Å². The van der Waals surface area contributed by atoms with Gasteiger partial charge in [-0.25, -0.2) is 4.68 Å². The van der Waals surface area contributed by atoms with E-state index in [4.69, 9.17) is 0 Å². The monoisotopic (exact) mass is 382 g/mol. The molecule has 0 bridgehead atoms. The molecule has 2 N–H and O–H groups in total. The maximum absolute atomic E-state index is 13.1. The molecule has 0 aliphatic heterocycles. The van der Waals surface area contributed by atoms with Crippen molar-refractivity contribution in [2.24, 2.45) is 0 Å². The Morgan fingerprint density at radius 2 is 1.86 bits per heavy atom. The molecule has 0 unspecified atom stereocenters. The molecule has 0 saturated heterocycles. The Balaban J connectivity index is 1.79. The SMILES string of the molecule is CCCCNC(=O)C1(NC(=O)c2cnn(-c3ccccc3)c2C)CCCCC1. The van der Waals surface area contributed by atoms with Gasteiger partial charge in [-0.2, -0.15) is 5.10 Å². The van der Waals surface area contributed by atoms with Crippen LogP contribution in [0, 0.1) is 6.92 Å². The van der Waals surface area contributed by atoms with E-state index in [9.17, 15) is 9.59 Å². The zero-order valence-electron chi connectivity index (χ0n) is 16.8. The topological polar surface area (TPSA) is 76.0 Å². The maximum atomic E-state index is 13.1. The molecule has 2 aromatic rings. The molecule has 28 heavy (non-hydrogen) atoms. The Labute approximate surface area is 166 Å². The van der Waals surface area contributed by atoms with E-state index in [-0.39, 0.29) is 11.8 Å². The molecular weight excluding hydrogens is 352 g/mol. The lowest BCUT2D eigenvalue weighted by Gasteiger charge is -2.36. The Kier molecular flexibility index (Phi) is 6.49. The lowest BCUT2D eigenvalue weighted by atomic mass is 9.80. The summed E-state index contributed by atoms with van der Waals surface area (Å²) in [6.07, 6.45) is 7.92. The molecule has 0 atom stereocenters. The summed E-state index contributed by atoms with van der Waals surface area (Å²) in [5.41, 5.74) is 1.37. The minimum absolute atomic E-state index is 0.0536. The van der Waals surface area contributed by atoms with Gasteiger partial charge >= 0.3 is 0 Å².